The molecule has 1 aliphatic rings. The van der Waals surface area contributed by atoms with Crippen molar-refractivity contribution in [1.82, 2.24) is 19.8 Å². The highest BCUT2D eigenvalue weighted by atomic mass is 16.5. The molecular weight excluding hydrogens is 404 g/mol. The lowest BCUT2D eigenvalue weighted by Gasteiger charge is -2.33. The van der Waals surface area contributed by atoms with Crippen molar-refractivity contribution in [2.24, 2.45) is 0 Å². The number of likely N-dealkylation sites (tertiary alicyclic amines) is 1. The third-order valence-electron chi connectivity index (χ3n) is 6.19. The Labute approximate surface area is 188 Å². The predicted octanol–water partition coefficient (Wildman–Crippen LogP) is 3.94. The van der Waals surface area contributed by atoms with E-state index in [0.717, 1.165) is 30.4 Å². The summed E-state index contributed by atoms with van der Waals surface area (Å²) in [6, 6.07) is 14.6. The summed E-state index contributed by atoms with van der Waals surface area (Å²) in [5, 5.41) is 3.02. The van der Waals surface area contributed by atoms with Gasteiger partial charge in [-0.3, -0.25) is 9.59 Å². The van der Waals surface area contributed by atoms with Gasteiger partial charge in [0.25, 0.3) is 5.91 Å². The van der Waals surface area contributed by atoms with Crippen LogP contribution in [0.1, 0.15) is 55.3 Å². The summed E-state index contributed by atoms with van der Waals surface area (Å²) in [6.45, 7) is 5.02. The van der Waals surface area contributed by atoms with Crippen LogP contribution in [-0.4, -0.2) is 46.0 Å². The van der Waals surface area contributed by atoms with Gasteiger partial charge in [-0.2, -0.15) is 0 Å². The van der Waals surface area contributed by atoms with E-state index in [-0.39, 0.29) is 30.4 Å². The third-order valence-corrected chi connectivity index (χ3v) is 6.19. The number of amides is 2. The van der Waals surface area contributed by atoms with Crippen molar-refractivity contribution in [3.63, 3.8) is 0 Å². The molecule has 0 aliphatic carbocycles. The average molecular weight is 435 g/mol. The molecule has 7 heteroatoms. The zero-order chi connectivity index (χ0) is 22.7. The van der Waals surface area contributed by atoms with Crippen LogP contribution in [0.3, 0.4) is 0 Å². The van der Waals surface area contributed by atoms with E-state index in [1.165, 1.54) is 6.42 Å². The number of hydrogen-bond donors (Lipinski definition) is 1. The van der Waals surface area contributed by atoms with Crippen LogP contribution >= 0.6 is 0 Å². The second-order valence-corrected chi connectivity index (χ2v) is 8.40. The van der Waals surface area contributed by atoms with E-state index >= 15 is 0 Å². The highest BCUT2D eigenvalue weighted by Crippen LogP contribution is 2.23. The van der Waals surface area contributed by atoms with E-state index in [9.17, 15) is 9.59 Å². The number of nitrogens with one attached hydrogen (secondary N) is 1. The minimum Gasteiger partial charge on any atom is -0.497 e. The van der Waals surface area contributed by atoms with Crippen LogP contribution in [0.5, 0.6) is 5.75 Å². The smallest absolute Gasteiger partial charge is 0.251 e. The minimum atomic E-state index is -0.372. The number of nitrogens with zero attached hydrogens (tertiary/aromatic N) is 3. The van der Waals surface area contributed by atoms with Gasteiger partial charge in [-0.15, -0.1) is 0 Å². The number of aromatic nitrogens is 2. The van der Waals surface area contributed by atoms with Crippen molar-refractivity contribution in [2.45, 2.75) is 51.7 Å². The number of carbonyl (C=O) groups excluding carboxylic acids is 2. The maximum atomic E-state index is 13.2. The molecule has 1 saturated heterocycles. The van der Waals surface area contributed by atoms with Crippen molar-refractivity contribution in [3.05, 3.63) is 59.9 Å². The standard InChI is InChI=1S/C25H30N4O3/c1-17-8-6-7-15-28(17)23(30)16-29-22-10-5-4-9-21(22)27-24(29)18(2)26-25(31)19-11-13-20(32-3)14-12-19/h4-5,9-14,17-18H,6-8,15-16H2,1-3H3,(H,26,31). The van der Waals surface area contributed by atoms with Crippen LogP contribution in [0.4, 0.5) is 0 Å². The maximum Gasteiger partial charge on any atom is 0.251 e. The quantitative estimate of drug-likeness (QED) is 0.638. The third kappa shape index (κ3) is 4.47. The Morgan fingerprint density at radius 1 is 1.16 bits per heavy atom. The molecule has 3 aromatic rings. The summed E-state index contributed by atoms with van der Waals surface area (Å²) in [5.74, 6) is 1.26. The Balaban J connectivity index is 1.58. The summed E-state index contributed by atoms with van der Waals surface area (Å²) in [7, 11) is 1.59. The number of hydrogen-bond acceptors (Lipinski definition) is 4. The molecule has 32 heavy (non-hydrogen) atoms. The number of rotatable bonds is 6. The van der Waals surface area contributed by atoms with Crippen LogP contribution in [0.15, 0.2) is 48.5 Å². The summed E-state index contributed by atoms with van der Waals surface area (Å²) < 4.78 is 7.10. The molecule has 1 N–H and O–H groups in total. The summed E-state index contributed by atoms with van der Waals surface area (Å²) in [4.78, 5) is 32.7. The first-order chi connectivity index (χ1) is 15.5. The molecule has 1 aliphatic heterocycles. The Bertz CT molecular complexity index is 1110. The minimum absolute atomic E-state index is 0.0929. The Hall–Kier alpha value is -3.35. The molecule has 4 rings (SSSR count). The first kappa shape index (κ1) is 21.9. The van der Waals surface area contributed by atoms with Crippen molar-refractivity contribution in [1.29, 1.82) is 0 Å². The lowest BCUT2D eigenvalue weighted by atomic mass is 10.0. The molecule has 1 aromatic heterocycles. The molecule has 1 fully saturated rings. The Morgan fingerprint density at radius 2 is 1.91 bits per heavy atom. The number of fused-ring (bicyclic) bond motifs is 1. The molecule has 0 spiro atoms. The van der Waals surface area contributed by atoms with Gasteiger partial charge in [-0.25, -0.2) is 4.98 Å². The fourth-order valence-electron chi connectivity index (χ4n) is 4.37. The molecule has 2 unspecified atom stereocenters. The van der Waals surface area contributed by atoms with Crippen molar-refractivity contribution in [2.75, 3.05) is 13.7 Å². The zero-order valence-corrected chi connectivity index (χ0v) is 18.9. The molecule has 7 nitrogen and oxygen atoms in total. The van der Waals surface area contributed by atoms with Gasteiger partial charge in [0.15, 0.2) is 0 Å². The number of carbonyl (C=O) groups is 2. The maximum absolute atomic E-state index is 13.2. The van der Waals surface area contributed by atoms with E-state index in [1.54, 1.807) is 31.4 Å². The zero-order valence-electron chi connectivity index (χ0n) is 18.9. The molecule has 2 heterocycles. The lowest BCUT2D eigenvalue weighted by Crippen LogP contribution is -2.44. The molecule has 168 valence electrons. The molecule has 0 saturated carbocycles. The number of para-hydroxylation sites is 2. The lowest BCUT2D eigenvalue weighted by molar-refractivity contribution is -0.135. The van der Waals surface area contributed by atoms with Gasteiger partial charge in [-0.1, -0.05) is 12.1 Å². The Kier molecular flexibility index (Phi) is 6.44. The second-order valence-electron chi connectivity index (χ2n) is 8.40. The predicted molar refractivity (Wildman–Crippen MR) is 124 cm³/mol. The molecule has 0 radical (unpaired) electrons. The number of methoxy groups -OCH3 is 1. The highest BCUT2D eigenvalue weighted by molar-refractivity contribution is 5.94. The molecule has 2 amide bonds. The first-order valence-corrected chi connectivity index (χ1v) is 11.2. The fraction of sp³-hybridized carbons (Fsp3) is 0.400. The van der Waals surface area contributed by atoms with E-state index < -0.39 is 0 Å². The molecule has 2 aromatic carbocycles. The van der Waals surface area contributed by atoms with Gasteiger partial charge in [0.1, 0.15) is 18.1 Å². The number of piperidine rings is 1. The van der Waals surface area contributed by atoms with Gasteiger partial charge < -0.3 is 19.5 Å². The van der Waals surface area contributed by atoms with Crippen LogP contribution in [0.25, 0.3) is 11.0 Å². The average Bonchev–Trinajstić information content (AvgIpc) is 3.18. The van der Waals surface area contributed by atoms with Gasteiger partial charge in [-0.05, 0) is 69.5 Å². The van der Waals surface area contributed by atoms with Gasteiger partial charge >= 0.3 is 0 Å². The topological polar surface area (TPSA) is 76.5 Å². The van der Waals surface area contributed by atoms with Gasteiger partial charge in [0.05, 0.1) is 24.2 Å². The van der Waals surface area contributed by atoms with Crippen LogP contribution < -0.4 is 10.1 Å². The number of imidazole rings is 1. The Morgan fingerprint density at radius 3 is 2.62 bits per heavy atom. The first-order valence-electron chi connectivity index (χ1n) is 11.2. The van der Waals surface area contributed by atoms with Crippen LogP contribution in [-0.2, 0) is 11.3 Å². The van der Waals surface area contributed by atoms with Gasteiger partial charge in [0, 0.05) is 18.2 Å². The normalized spacial score (nSPS) is 17.2. The summed E-state index contributed by atoms with van der Waals surface area (Å²) >= 11 is 0. The summed E-state index contributed by atoms with van der Waals surface area (Å²) in [5.41, 5.74) is 2.25. The monoisotopic (exact) mass is 434 g/mol. The number of ether oxygens (including phenoxy) is 1. The van der Waals surface area contributed by atoms with Crippen molar-refractivity contribution < 1.29 is 14.3 Å². The van der Waals surface area contributed by atoms with E-state index in [1.807, 2.05) is 40.7 Å². The van der Waals surface area contributed by atoms with E-state index in [2.05, 4.69) is 12.2 Å². The second kappa shape index (κ2) is 9.42. The van der Waals surface area contributed by atoms with Crippen LogP contribution in [0.2, 0.25) is 0 Å². The SMILES string of the molecule is COc1ccc(C(=O)NC(C)c2nc3ccccc3n2CC(=O)N2CCCCC2C)cc1. The molecule has 2 atom stereocenters. The van der Waals surface area contributed by atoms with E-state index in [4.69, 9.17) is 9.72 Å². The largest absolute Gasteiger partial charge is 0.497 e. The number of benzene rings is 2. The molecular formula is C25H30N4O3. The fourth-order valence-corrected chi connectivity index (χ4v) is 4.37. The molecule has 0 bridgehead atoms. The van der Waals surface area contributed by atoms with Crippen LogP contribution in [0, 0.1) is 0 Å². The van der Waals surface area contributed by atoms with Crippen molar-refractivity contribution in [3.8, 4) is 5.75 Å². The highest BCUT2D eigenvalue weighted by Gasteiger charge is 2.26. The van der Waals surface area contributed by atoms with Crippen molar-refractivity contribution >= 4 is 22.8 Å². The van der Waals surface area contributed by atoms with Gasteiger partial charge in [0.2, 0.25) is 5.91 Å². The summed E-state index contributed by atoms with van der Waals surface area (Å²) in [6.07, 6.45) is 3.25. The van der Waals surface area contributed by atoms with E-state index in [0.29, 0.717) is 17.1 Å².